The fourth-order valence-corrected chi connectivity index (χ4v) is 9.61. The molecule has 1 atom stereocenters. The van der Waals surface area contributed by atoms with Gasteiger partial charge in [0.25, 0.3) is 5.91 Å². The van der Waals surface area contributed by atoms with E-state index in [1.807, 2.05) is 0 Å². The molecule has 6 nitrogen and oxygen atoms in total. The van der Waals surface area contributed by atoms with Crippen LogP contribution in [-0.2, 0) is 9.22 Å². The Morgan fingerprint density at radius 1 is 0.722 bits per heavy atom. The first-order chi connectivity index (χ1) is 24.1. The van der Waals surface area contributed by atoms with Crippen LogP contribution in [0.1, 0.15) is 59.1 Å². The normalized spacial score (nSPS) is 15.6. The first kappa shape index (κ1) is 49.2. The number of halogens is 17. The number of carbonyl (C=O) groups excluding carboxylic acids is 1. The summed E-state index contributed by atoms with van der Waals surface area (Å²) in [7, 11) is -3.95. The summed E-state index contributed by atoms with van der Waals surface area (Å²) in [6.07, 6.45) is -10.2. The number of aliphatic hydroxyl groups excluding tert-OH is 1. The zero-order valence-electron chi connectivity index (χ0n) is 28.7. The lowest BCUT2D eigenvalue weighted by Gasteiger charge is -2.44. The summed E-state index contributed by atoms with van der Waals surface area (Å²) in [5, 5.41) is 18.9. The monoisotopic (exact) mass is 841 g/mol. The molecule has 0 radical (unpaired) electrons. The lowest BCUT2D eigenvalue weighted by molar-refractivity contribution is -0.461. The second-order valence-electron chi connectivity index (χ2n) is 12.8. The number of benzene rings is 1. The van der Waals surface area contributed by atoms with Gasteiger partial charge >= 0.3 is 47.6 Å². The SMILES string of the molecule is C/C(=C\C[C@H](O)c1ccc(OCCO[Si](CCC(F)(F)C(F)(F)C(F)(F)C(F)(F)C(F)(F)C(F)(F)C(F)(F)C(F)(F)F)(C(C)C)C(C)C)cc1)C(=O)NO. The molecule has 1 amide bonds. The summed E-state index contributed by atoms with van der Waals surface area (Å²) in [5.74, 6) is -57.4. The van der Waals surface area contributed by atoms with Crippen LogP contribution in [0.2, 0.25) is 17.1 Å². The lowest BCUT2D eigenvalue weighted by Crippen LogP contribution is -2.74. The molecule has 24 heteroatoms. The van der Waals surface area contributed by atoms with Crippen molar-refractivity contribution < 1.29 is 98.9 Å². The van der Waals surface area contributed by atoms with E-state index in [4.69, 9.17) is 14.4 Å². The van der Waals surface area contributed by atoms with Crippen molar-refractivity contribution in [1.82, 2.24) is 5.48 Å². The lowest BCUT2D eigenvalue weighted by atomic mass is 9.88. The minimum absolute atomic E-state index is 0.0429. The van der Waals surface area contributed by atoms with Crippen LogP contribution in [0.5, 0.6) is 5.75 Å². The van der Waals surface area contributed by atoms with Crippen LogP contribution in [0, 0.1) is 0 Å². The summed E-state index contributed by atoms with van der Waals surface area (Å²) in [5.41, 5.74) is 0.125. The quantitative estimate of drug-likeness (QED) is 0.0304. The Labute approximate surface area is 297 Å². The summed E-state index contributed by atoms with van der Waals surface area (Å²) >= 11 is 0. The van der Waals surface area contributed by atoms with E-state index in [1.165, 1.54) is 70.4 Å². The molecule has 54 heavy (non-hydrogen) atoms. The van der Waals surface area contributed by atoms with E-state index in [0.717, 1.165) is 0 Å². The van der Waals surface area contributed by atoms with Gasteiger partial charge < -0.3 is 14.3 Å². The third-order valence-electron chi connectivity index (χ3n) is 8.67. The molecule has 3 N–H and O–H groups in total. The van der Waals surface area contributed by atoms with Gasteiger partial charge in [0, 0.05) is 12.0 Å². The van der Waals surface area contributed by atoms with Gasteiger partial charge in [-0.25, -0.2) is 5.48 Å². The van der Waals surface area contributed by atoms with Crippen molar-refractivity contribution in [2.45, 2.75) is 118 Å². The van der Waals surface area contributed by atoms with E-state index in [9.17, 15) is 84.5 Å². The van der Waals surface area contributed by atoms with Gasteiger partial charge in [-0.3, -0.25) is 10.0 Å². The minimum atomic E-state index is -8.68. The van der Waals surface area contributed by atoms with E-state index in [-0.39, 0.29) is 17.7 Å². The molecule has 314 valence electrons. The molecule has 0 spiro atoms. The molecule has 1 aromatic rings. The van der Waals surface area contributed by atoms with Gasteiger partial charge in [-0.15, -0.1) is 0 Å². The molecule has 0 aliphatic rings. The molecule has 0 aliphatic heterocycles. The number of carbonyl (C=O) groups is 1. The number of nitrogens with one attached hydrogen (secondary N) is 1. The number of ether oxygens (including phenoxy) is 1. The number of hydroxylamine groups is 1. The van der Waals surface area contributed by atoms with Crippen LogP contribution in [0.4, 0.5) is 74.6 Å². The van der Waals surface area contributed by atoms with Gasteiger partial charge in [-0.2, -0.15) is 74.6 Å². The number of alkyl halides is 17. The van der Waals surface area contributed by atoms with Crippen LogP contribution >= 0.6 is 0 Å². The van der Waals surface area contributed by atoms with E-state index < -0.39 is 105 Å². The zero-order chi connectivity index (χ0) is 42.7. The third kappa shape index (κ3) is 9.05. The van der Waals surface area contributed by atoms with Crippen molar-refractivity contribution in [3.8, 4) is 5.75 Å². The summed E-state index contributed by atoms with van der Waals surface area (Å²) < 4.78 is 245. The predicted octanol–water partition coefficient (Wildman–Crippen LogP) is 10.1. The van der Waals surface area contributed by atoms with Crippen LogP contribution in [-0.4, -0.2) is 85.4 Å². The highest BCUT2D eigenvalue weighted by molar-refractivity contribution is 6.76. The highest BCUT2D eigenvalue weighted by atomic mass is 28.4. The van der Waals surface area contributed by atoms with Crippen LogP contribution < -0.4 is 10.2 Å². The van der Waals surface area contributed by atoms with Gasteiger partial charge in [0.05, 0.1) is 12.7 Å². The molecule has 0 unspecified atom stereocenters. The van der Waals surface area contributed by atoms with Crippen LogP contribution in [0.3, 0.4) is 0 Å². The van der Waals surface area contributed by atoms with Gasteiger partial charge in [0.1, 0.15) is 12.4 Å². The van der Waals surface area contributed by atoms with Crippen molar-refractivity contribution in [2.24, 2.45) is 0 Å². The van der Waals surface area contributed by atoms with E-state index in [2.05, 4.69) is 0 Å². The topological polar surface area (TPSA) is 88.0 Å². The van der Waals surface area contributed by atoms with Gasteiger partial charge in [0.15, 0.2) is 8.32 Å². The maximum atomic E-state index is 14.8. The van der Waals surface area contributed by atoms with Crippen molar-refractivity contribution in [3.63, 3.8) is 0 Å². The average molecular weight is 842 g/mol. The second kappa shape index (κ2) is 16.7. The minimum Gasteiger partial charge on any atom is -0.491 e. The molecule has 0 aromatic heterocycles. The summed E-state index contributed by atoms with van der Waals surface area (Å²) in [6.45, 7) is 5.72. The molecule has 0 saturated carbocycles. The fourth-order valence-electron chi connectivity index (χ4n) is 5.14. The first-order valence-corrected chi connectivity index (χ1v) is 17.7. The summed E-state index contributed by atoms with van der Waals surface area (Å²) in [6, 6.07) is 4.20. The fraction of sp³-hybridized carbons (Fsp3) is 0.700. The Morgan fingerprint density at radius 2 is 1.15 bits per heavy atom. The number of hydrogen-bond donors (Lipinski definition) is 3. The highest BCUT2D eigenvalue weighted by Crippen LogP contribution is 2.64. The third-order valence-corrected chi connectivity index (χ3v) is 14.3. The molecule has 0 saturated heterocycles. The number of amides is 1. The van der Waals surface area contributed by atoms with Crippen molar-refractivity contribution in [3.05, 3.63) is 41.5 Å². The highest BCUT2D eigenvalue weighted by Gasteiger charge is 2.95. The molecular weight excluding hydrogens is 805 g/mol. The number of rotatable bonds is 20. The van der Waals surface area contributed by atoms with E-state index in [1.54, 1.807) is 0 Å². The van der Waals surface area contributed by atoms with Gasteiger partial charge in [0.2, 0.25) is 0 Å². The largest absolute Gasteiger partial charge is 0.491 e. The average Bonchev–Trinajstić information content (AvgIpc) is 3.05. The maximum Gasteiger partial charge on any atom is 0.460 e. The molecular formula is C30H36F17NO5Si. The number of aliphatic hydroxyl groups is 1. The Kier molecular flexibility index (Phi) is 15.2. The van der Waals surface area contributed by atoms with Crippen molar-refractivity contribution >= 4 is 14.2 Å². The van der Waals surface area contributed by atoms with Gasteiger partial charge in [-0.1, -0.05) is 45.9 Å². The maximum absolute atomic E-state index is 14.8. The predicted molar refractivity (Wildman–Crippen MR) is 157 cm³/mol. The Balaban J connectivity index is 3.22. The Bertz CT molecular complexity index is 1430. The standard InChI is InChI=1S/C30H36F17NO5Si/c1-16(2)54(17(3)4,53-14-13-52-20-9-7-19(8-10-20)21(49)11-6-18(5)22(50)48-51)15-12-23(31,32)24(33,34)25(35,36)26(37,38)27(39,40)28(41,42)29(43,44)30(45,46)47/h6-10,16-17,21,49,51H,11-15H2,1-5H3,(H,48,50)/b18-6+/t21-/m0/s1. The van der Waals surface area contributed by atoms with E-state index in [0.29, 0.717) is 5.56 Å². The number of hydrogen-bond acceptors (Lipinski definition) is 5. The summed E-state index contributed by atoms with van der Waals surface area (Å²) in [4.78, 5) is 11.3. The molecule has 0 aliphatic carbocycles. The zero-order valence-corrected chi connectivity index (χ0v) is 29.7. The molecule has 1 rings (SSSR count). The van der Waals surface area contributed by atoms with Crippen molar-refractivity contribution in [2.75, 3.05) is 13.2 Å². The van der Waals surface area contributed by atoms with Gasteiger partial charge in [-0.05, 0) is 48.2 Å². The van der Waals surface area contributed by atoms with Crippen LogP contribution in [0.25, 0.3) is 0 Å². The van der Waals surface area contributed by atoms with Crippen molar-refractivity contribution in [1.29, 1.82) is 0 Å². The van der Waals surface area contributed by atoms with Crippen LogP contribution in [0.15, 0.2) is 35.9 Å². The smallest absolute Gasteiger partial charge is 0.460 e. The van der Waals surface area contributed by atoms with E-state index >= 15 is 0 Å². The molecule has 0 bridgehead atoms. The molecule has 0 fully saturated rings. The molecule has 0 heterocycles. The Morgan fingerprint density at radius 3 is 1.56 bits per heavy atom. The second-order valence-corrected chi connectivity index (χ2v) is 17.8. The first-order valence-electron chi connectivity index (χ1n) is 15.4. The molecule has 1 aromatic carbocycles. The Hall–Kier alpha value is -2.86.